The minimum atomic E-state index is -0.223. The topological polar surface area (TPSA) is 46.9 Å². The lowest BCUT2D eigenvalue weighted by molar-refractivity contribution is -0.00611. The Balaban J connectivity index is 1.67. The molecule has 3 aromatic carbocycles. The largest absolute Gasteiger partial charge is 0.686 e. The number of aromatic carboxylic acids is 1. The molecule has 0 heterocycles. The van der Waals surface area contributed by atoms with Crippen LogP contribution in [0, 0.1) is 6.10 Å². The van der Waals surface area contributed by atoms with E-state index in [9.17, 15) is 9.59 Å². The summed E-state index contributed by atoms with van der Waals surface area (Å²) in [6, 6.07) is 24.0. The Kier molecular flexibility index (Phi) is 5.69. The van der Waals surface area contributed by atoms with Gasteiger partial charge in [-0.3, -0.25) is 0 Å². The summed E-state index contributed by atoms with van der Waals surface area (Å²) < 4.78 is 4.31. The van der Waals surface area contributed by atoms with E-state index in [0.717, 1.165) is 29.2 Å². The number of benzene rings is 3. The Morgan fingerprint density at radius 2 is 1.62 bits per heavy atom. The number of hydrogen-bond donors (Lipinski definition) is 0. The molecular formula is C23H21O3-. The molecule has 0 atom stereocenters. The number of aliphatic hydroxyl groups is 1. The predicted octanol–water partition coefficient (Wildman–Crippen LogP) is 4.85. The first kappa shape index (κ1) is 17.7. The van der Waals surface area contributed by atoms with Gasteiger partial charge in [-0.2, -0.15) is 0 Å². The Morgan fingerprint density at radius 3 is 2.23 bits per heavy atom. The van der Waals surface area contributed by atoms with Gasteiger partial charge < -0.3 is 9.53 Å². The molecule has 3 aromatic rings. The second-order valence-electron chi connectivity index (χ2n) is 6.10. The van der Waals surface area contributed by atoms with Gasteiger partial charge in [-0.15, -0.1) is 36.2 Å². The normalized spacial score (nSPS) is 10.7. The van der Waals surface area contributed by atoms with Crippen LogP contribution < -0.4 is 5.43 Å². The average Bonchev–Trinajstić information content (AvgIpc) is 2.69. The monoisotopic (exact) mass is 345 g/mol. The van der Waals surface area contributed by atoms with Gasteiger partial charge in [0.2, 0.25) is 0 Å². The zero-order valence-electron chi connectivity index (χ0n) is 14.7. The molecule has 0 bridgehead atoms. The van der Waals surface area contributed by atoms with Crippen molar-refractivity contribution in [2.45, 2.75) is 19.8 Å². The number of carbonyl (C=O) groups is 1. The standard InChI is InChI=1S/C23H21O3/c1-2-22(16-17-6-4-3-5-7-17)26-23(25)20-10-8-18(9-11-20)19-12-14-21(24)15-13-19/h3-15,26H,2,16H2,1H3/q-1. The van der Waals surface area contributed by atoms with Crippen molar-refractivity contribution in [1.82, 2.24) is 0 Å². The van der Waals surface area contributed by atoms with E-state index in [4.69, 9.17) is 0 Å². The van der Waals surface area contributed by atoms with Gasteiger partial charge in [0.05, 0.1) is 0 Å². The summed E-state index contributed by atoms with van der Waals surface area (Å²) in [6.07, 6.45) is 2.29. The molecule has 0 aromatic heterocycles. The van der Waals surface area contributed by atoms with Crippen LogP contribution in [0.1, 0.15) is 29.3 Å². The van der Waals surface area contributed by atoms with Crippen LogP contribution in [-0.2, 0) is 6.42 Å². The van der Waals surface area contributed by atoms with E-state index in [2.05, 4.69) is 4.74 Å². The first-order valence-corrected chi connectivity index (χ1v) is 8.68. The Bertz CT molecular complexity index is 888. The third-order valence-electron chi connectivity index (χ3n) is 4.24. The number of rotatable bonds is 6. The van der Waals surface area contributed by atoms with Gasteiger partial charge in [0, 0.05) is 4.79 Å². The maximum Gasteiger partial charge on any atom is 0.521 e. The second kappa shape index (κ2) is 8.34. The third-order valence-corrected chi connectivity index (χ3v) is 4.24. The van der Waals surface area contributed by atoms with Crippen LogP contribution in [0.3, 0.4) is 0 Å². The SMILES string of the molecule is CC[C-](Cc1ccccc1)[OH+]C(=O)c1ccc(-[c-]2ccc(=O)cc2)cc1. The average molecular weight is 345 g/mol. The van der Waals surface area contributed by atoms with E-state index >= 15 is 0 Å². The molecule has 0 radical (unpaired) electrons. The van der Waals surface area contributed by atoms with Gasteiger partial charge in [-0.25, -0.2) is 0 Å². The van der Waals surface area contributed by atoms with E-state index in [1.807, 2.05) is 49.4 Å². The molecule has 0 aliphatic carbocycles. The van der Waals surface area contributed by atoms with Gasteiger partial charge in [0.15, 0.2) is 0 Å². The summed E-state index contributed by atoms with van der Waals surface area (Å²) in [6.45, 7) is 2.01. The van der Waals surface area contributed by atoms with E-state index in [1.165, 1.54) is 12.1 Å². The maximum absolute atomic E-state index is 12.5. The molecule has 0 saturated carbocycles. The molecule has 0 saturated heterocycles. The highest BCUT2D eigenvalue weighted by Crippen LogP contribution is 2.20. The molecule has 0 aliphatic rings. The van der Waals surface area contributed by atoms with Crippen LogP contribution in [0.4, 0.5) is 0 Å². The highest BCUT2D eigenvalue weighted by atomic mass is 16.5. The molecule has 0 aliphatic heterocycles. The molecule has 3 nitrogen and oxygen atoms in total. The number of hydrogen-bond acceptors (Lipinski definition) is 2. The fraction of sp³-hybridized carbons (Fsp3) is 0.130. The van der Waals surface area contributed by atoms with Crippen molar-refractivity contribution in [2.75, 3.05) is 0 Å². The van der Waals surface area contributed by atoms with Crippen molar-refractivity contribution in [2.24, 2.45) is 0 Å². The van der Waals surface area contributed by atoms with Crippen molar-refractivity contribution in [3.05, 3.63) is 106 Å². The summed E-state index contributed by atoms with van der Waals surface area (Å²) in [4.78, 5) is 23.7. The summed E-state index contributed by atoms with van der Waals surface area (Å²) in [5, 5.41) is 0. The zero-order chi connectivity index (χ0) is 18.4. The van der Waals surface area contributed by atoms with Gasteiger partial charge in [0.25, 0.3) is 0 Å². The highest BCUT2D eigenvalue weighted by molar-refractivity contribution is 5.89. The fourth-order valence-electron chi connectivity index (χ4n) is 2.74. The van der Waals surface area contributed by atoms with Crippen LogP contribution >= 0.6 is 0 Å². The third kappa shape index (κ3) is 4.51. The van der Waals surface area contributed by atoms with Crippen molar-refractivity contribution in [3.63, 3.8) is 0 Å². The van der Waals surface area contributed by atoms with E-state index < -0.39 is 0 Å². The summed E-state index contributed by atoms with van der Waals surface area (Å²) in [5.74, 6) is -0.223. The maximum atomic E-state index is 12.5. The fourth-order valence-corrected chi connectivity index (χ4v) is 2.74. The lowest BCUT2D eigenvalue weighted by atomic mass is 10.0. The van der Waals surface area contributed by atoms with Gasteiger partial charge in [-0.1, -0.05) is 85.2 Å². The van der Waals surface area contributed by atoms with Crippen LogP contribution in [0.15, 0.2) is 83.7 Å². The molecule has 26 heavy (non-hydrogen) atoms. The van der Waals surface area contributed by atoms with Crippen LogP contribution in [0.5, 0.6) is 0 Å². The zero-order valence-corrected chi connectivity index (χ0v) is 14.7. The summed E-state index contributed by atoms with van der Waals surface area (Å²) in [5.41, 5.74) is 3.61. The van der Waals surface area contributed by atoms with Crippen molar-refractivity contribution in [3.8, 4) is 11.1 Å². The van der Waals surface area contributed by atoms with Crippen molar-refractivity contribution in [1.29, 1.82) is 0 Å². The molecule has 3 heteroatoms. The molecule has 3 rings (SSSR count). The Hall–Kier alpha value is -3.07. The Labute approximate surface area is 153 Å². The van der Waals surface area contributed by atoms with E-state index in [1.54, 1.807) is 24.3 Å². The molecule has 0 spiro atoms. The van der Waals surface area contributed by atoms with E-state index in [-0.39, 0.29) is 11.4 Å². The van der Waals surface area contributed by atoms with Gasteiger partial charge >= 0.3 is 5.97 Å². The molecule has 0 unspecified atom stereocenters. The van der Waals surface area contributed by atoms with Crippen LogP contribution in [0.25, 0.3) is 11.1 Å². The summed E-state index contributed by atoms with van der Waals surface area (Å²) >= 11 is 0. The minimum absolute atomic E-state index is 0.0135. The van der Waals surface area contributed by atoms with Crippen LogP contribution in [0.2, 0.25) is 0 Å². The molecule has 1 N–H and O–H groups in total. The van der Waals surface area contributed by atoms with Crippen molar-refractivity contribution < 1.29 is 9.53 Å². The highest BCUT2D eigenvalue weighted by Gasteiger charge is 2.13. The molecular weight excluding hydrogens is 324 g/mol. The Morgan fingerprint density at radius 1 is 0.962 bits per heavy atom. The lowest BCUT2D eigenvalue weighted by Gasteiger charge is -2.28. The quantitative estimate of drug-likeness (QED) is 0.364. The van der Waals surface area contributed by atoms with Crippen molar-refractivity contribution >= 4 is 5.97 Å². The number of ether oxygens (including phenoxy) is 1. The summed E-state index contributed by atoms with van der Waals surface area (Å²) in [7, 11) is 0. The predicted molar refractivity (Wildman–Crippen MR) is 104 cm³/mol. The molecule has 0 amide bonds. The molecule has 0 fully saturated rings. The lowest BCUT2D eigenvalue weighted by Crippen LogP contribution is -2.17. The molecule has 132 valence electrons. The first-order chi connectivity index (χ1) is 12.7. The smallest absolute Gasteiger partial charge is 0.521 e. The number of carboxylic acids is 1. The van der Waals surface area contributed by atoms with Gasteiger partial charge in [-0.05, 0) is 0 Å². The van der Waals surface area contributed by atoms with Crippen LogP contribution in [-0.4, -0.2) is 10.7 Å². The van der Waals surface area contributed by atoms with Gasteiger partial charge in [0.1, 0.15) is 11.0 Å². The van der Waals surface area contributed by atoms with E-state index in [0.29, 0.717) is 12.0 Å². The first-order valence-electron chi connectivity index (χ1n) is 8.68. The second-order valence-corrected chi connectivity index (χ2v) is 6.10. The minimum Gasteiger partial charge on any atom is -0.686 e.